The minimum absolute atomic E-state index is 0.0319. The smallest absolute Gasteiger partial charge is 0.335 e. The van der Waals surface area contributed by atoms with E-state index in [0.717, 1.165) is 6.08 Å². The number of hydrogen-bond donors (Lipinski definition) is 2. The predicted octanol–water partition coefficient (Wildman–Crippen LogP) is 2.25. The second-order valence-corrected chi connectivity index (χ2v) is 11.7. The minimum Gasteiger partial charge on any atom is -0.463 e. The first-order chi connectivity index (χ1) is 18.6. The van der Waals surface area contributed by atoms with E-state index in [4.69, 9.17) is 23.7 Å². The van der Waals surface area contributed by atoms with Crippen LogP contribution >= 0.6 is 0 Å². The molecule has 2 saturated heterocycles. The third kappa shape index (κ3) is 5.16. The van der Waals surface area contributed by atoms with Crippen LogP contribution in [0.3, 0.4) is 0 Å². The van der Waals surface area contributed by atoms with Gasteiger partial charge in [0.05, 0.1) is 25.4 Å². The molecular formula is C29H42O10. The fourth-order valence-corrected chi connectivity index (χ4v) is 7.22. The molecule has 2 heterocycles. The summed E-state index contributed by atoms with van der Waals surface area (Å²) in [5, 5.41) is 20.6. The summed E-state index contributed by atoms with van der Waals surface area (Å²) in [6.07, 6.45) is 4.85. The van der Waals surface area contributed by atoms with Crippen molar-refractivity contribution in [3.05, 3.63) is 24.8 Å². The average Bonchev–Trinajstić information content (AvgIpc) is 3.71. The van der Waals surface area contributed by atoms with E-state index in [1.165, 1.54) is 6.08 Å². The van der Waals surface area contributed by atoms with Crippen LogP contribution in [0.25, 0.3) is 0 Å². The van der Waals surface area contributed by atoms with Crippen molar-refractivity contribution in [2.24, 2.45) is 22.7 Å². The third-order valence-corrected chi connectivity index (χ3v) is 9.74. The lowest BCUT2D eigenvalue weighted by Crippen LogP contribution is -2.68. The van der Waals surface area contributed by atoms with Gasteiger partial charge in [-0.1, -0.05) is 26.5 Å². The van der Waals surface area contributed by atoms with Gasteiger partial charge in [0.25, 0.3) is 0 Å². The van der Waals surface area contributed by atoms with E-state index in [2.05, 4.69) is 6.58 Å². The SMILES string of the molecule is C=CC(=O)OC1CC2OC3CC(CO)CCC3(COC(=O)C(O)C(C)CCCOC(=O)/C=C\C)C1(C)C21CO1. The topological polar surface area (TPSA) is 141 Å². The zero-order chi connectivity index (χ0) is 28.4. The van der Waals surface area contributed by atoms with Crippen LogP contribution in [0.15, 0.2) is 24.8 Å². The molecule has 10 heteroatoms. The van der Waals surface area contributed by atoms with Crippen LogP contribution in [0.4, 0.5) is 0 Å². The molecule has 9 atom stereocenters. The van der Waals surface area contributed by atoms with Crippen LogP contribution in [-0.4, -0.2) is 84.6 Å². The Morgan fingerprint density at radius 1 is 1.18 bits per heavy atom. The van der Waals surface area contributed by atoms with Crippen LogP contribution in [-0.2, 0) is 38.1 Å². The summed E-state index contributed by atoms with van der Waals surface area (Å²) < 4.78 is 29.4. The van der Waals surface area contributed by atoms with E-state index in [-0.39, 0.29) is 37.9 Å². The van der Waals surface area contributed by atoms with Crippen molar-refractivity contribution in [3.8, 4) is 0 Å². The maximum Gasteiger partial charge on any atom is 0.335 e. The molecule has 2 aliphatic heterocycles. The standard InChI is InChI=1S/C29H42O10/c1-5-8-24(32)35-12-7-9-18(3)25(33)26(34)36-16-28-11-10-19(15-30)13-21(28)38-22-14-20(39-23(31)6-2)27(28,4)29(22)17-37-29/h5-6,8,18-22,25,30,33H,2,7,9-17H2,1,3-4H3/b8-5-. The zero-order valence-corrected chi connectivity index (χ0v) is 23.1. The van der Waals surface area contributed by atoms with Gasteiger partial charge in [-0.25, -0.2) is 14.4 Å². The molecule has 4 aliphatic rings. The van der Waals surface area contributed by atoms with Crippen molar-refractivity contribution >= 4 is 17.9 Å². The number of hydrogen-bond acceptors (Lipinski definition) is 10. The highest BCUT2D eigenvalue weighted by atomic mass is 16.6. The summed E-state index contributed by atoms with van der Waals surface area (Å²) in [6, 6.07) is 0. The first kappa shape index (κ1) is 29.7. The van der Waals surface area contributed by atoms with Gasteiger partial charge in [-0.2, -0.15) is 0 Å². The van der Waals surface area contributed by atoms with Gasteiger partial charge in [0.15, 0.2) is 6.10 Å². The van der Waals surface area contributed by atoms with E-state index < -0.39 is 52.5 Å². The lowest BCUT2D eigenvalue weighted by molar-refractivity contribution is -0.259. The first-order valence-corrected chi connectivity index (χ1v) is 14.0. The van der Waals surface area contributed by atoms with Crippen molar-refractivity contribution in [2.75, 3.05) is 26.4 Å². The highest BCUT2D eigenvalue weighted by molar-refractivity contribution is 5.82. The molecule has 4 fully saturated rings. The van der Waals surface area contributed by atoms with Gasteiger partial charge in [0.2, 0.25) is 0 Å². The van der Waals surface area contributed by atoms with E-state index in [9.17, 15) is 24.6 Å². The second-order valence-electron chi connectivity index (χ2n) is 11.7. The van der Waals surface area contributed by atoms with Crippen molar-refractivity contribution in [2.45, 2.75) is 89.3 Å². The summed E-state index contributed by atoms with van der Waals surface area (Å²) >= 11 is 0. The van der Waals surface area contributed by atoms with E-state index in [1.54, 1.807) is 19.9 Å². The fourth-order valence-electron chi connectivity index (χ4n) is 7.22. The highest BCUT2D eigenvalue weighted by Gasteiger charge is 2.83. The molecule has 0 aromatic carbocycles. The van der Waals surface area contributed by atoms with E-state index in [1.807, 2.05) is 6.92 Å². The number of aliphatic hydroxyl groups excluding tert-OH is 2. The Morgan fingerprint density at radius 3 is 2.56 bits per heavy atom. The Balaban J connectivity index is 1.48. The molecule has 2 N–H and O–H groups in total. The van der Waals surface area contributed by atoms with Crippen molar-refractivity contribution < 1.29 is 48.3 Å². The predicted molar refractivity (Wildman–Crippen MR) is 138 cm³/mol. The molecule has 9 unspecified atom stereocenters. The first-order valence-electron chi connectivity index (χ1n) is 14.0. The third-order valence-electron chi connectivity index (χ3n) is 9.74. The van der Waals surface area contributed by atoms with Gasteiger partial charge in [-0.3, -0.25) is 0 Å². The van der Waals surface area contributed by atoms with Gasteiger partial charge in [0, 0.05) is 36.0 Å². The molecule has 2 aliphatic carbocycles. The number of fused-ring (bicyclic) bond motifs is 2. The summed E-state index contributed by atoms with van der Waals surface area (Å²) in [5.41, 5.74) is -2.10. The van der Waals surface area contributed by atoms with Gasteiger partial charge >= 0.3 is 17.9 Å². The van der Waals surface area contributed by atoms with Crippen LogP contribution in [0, 0.1) is 22.7 Å². The number of allylic oxidation sites excluding steroid dienone is 1. The molecule has 2 saturated carbocycles. The van der Waals surface area contributed by atoms with Gasteiger partial charge < -0.3 is 33.9 Å². The normalized spacial score (nSPS) is 38.1. The van der Waals surface area contributed by atoms with Gasteiger partial charge in [-0.05, 0) is 50.9 Å². The Labute approximate surface area is 229 Å². The van der Waals surface area contributed by atoms with Crippen LogP contribution in [0.2, 0.25) is 0 Å². The maximum absolute atomic E-state index is 13.1. The summed E-state index contributed by atoms with van der Waals surface area (Å²) in [6.45, 7) is 9.70. The van der Waals surface area contributed by atoms with Crippen LogP contribution in [0.1, 0.15) is 59.3 Å². The van der Waals surface area contributed by atoms with Crippen molar-refractivity contribution in [1.82, 2.24) is 0 Å². The van der Waals surface area contributed by atoms with E-state index >= 15 is 0 Å². The number of esters is 3. The monoisotopic (exact) mass is 550 g/mol. The number of epoxide rings is 1. The second kappa shape index (κ2) is 11.7. The molecule has 39 heavy (non-hydrogen) atoms. The summed E-state index contributed by atoms with van der Waals surface area (Å²) in [5.74, 6) is -2.05. The molecule has 2 bridgehead atoms. The summed E-state index contributed by atoms with van der Waals surface area (Å²) in [4.78, 5) is 36.8. The summed E-state index contributed by atoms with van der Waals surface area (Å²) in [7, 11) is 0. The number of carbonyl (C=O) groups excluding carboxylic acids is 3. The van der Waals surface area contributed by atoms with E-state index in [0.29, 0.717) is 45.1 Å². The molecule has 1 spiro atoms. The number of aliphatic hydroxyl groups is 2. The maximum atomic E-state index is 13.1. The molecule has 0 radical (unpaired) electrons. The number of ether oxygens (including phenoxy) is 5. The fraction of sp³-hybridized carbons (Fsp3) is 0.759. The van der Waals surface area contributed by atoms with Gasteiger partial charge in [0.1, 0.15) is 18.3 Å². The molecule has 218 valence electrons. The minimum atomic E-state index is -1.35. The Morgan fingerprint density at radius 2 is 1.92 bits per heavy atom. The van der Waals surface area contributed by atoms with Crippen molar-refractivity contribution in [1.29, 1.82) is 0 Å². The van der Waals surface area contributed by atoms with Gasteiger partial charge in [-0.15, -0.1) is 0 Å². The zero-order valence-electron chi connectivity index (χ0n) is 23.1. The Bertz CT molecular complexity index is 973. The molecule has 0 aromatic heterocycles. The lowest BCUT2D eigenvalue weighted by Gasteiger charge is -2.60. The molecule has 0 aromatic rings. The lowest BCUT2D eigenvalue weighted by atomic mass is 9.50. The van der Waals surface area contributed by atoms with Crippen LogP contribution < -0.4 is 0 Å². The average molecular weight is 551 g/mol. The quantitative estimate of drug-likeness (QED) is 0.122. The largest absolute Gasteiger partial charge is 0.463 e. The Hall–Kier alpha value is -2.27. The molecule has 10 nitrogen and oxygen atoms in total. The Kier molecular flexibility index (Phi) is 8.90. The molecular weight excluding hydrogens is 508 g/mol. The molecule has 0 amide bonds. The number of rotatable bonds is 12. The highest BCUT2D eigenvalue weighted by Crippen LogP contribution is 2.72. The van der Waals surface area contributed by atoms with Crippen LogP contribution in [0.5, 0.6) is 0 Å². The van der Waals surface area contributed by atoms with Crippen molar-refractivity contribution in [3.63, 3.8) is 0 Å². The molecule has 4 rings (SSSR count). The number of carbonyl (C=O) groups is 3.